The van der Waals surface area contributed by atoms with Crippen molar-refractivity contribution in [3.8, 4) is 10.8 Å². The summed E-state index contributed by atoms with van der Waals surface area (Å²) in [5, 5.41) is 4.07. The monoisotopic (exact) mass is 339 g/mol. The summed E-state index contributed by atoms with van der Waals surface area (Å²) in [4.78, 5) is 14.6. The molecule has 114 valence electrons. The molecule has 0 aliphatic carbocycles. The van der Waals surface area contributed by atoms with Crippen molar-refractivity contribution in [2.45, 2.75) is 17.7 Å². The Morgan fingerprint density at radius 2 is 2.00 bits per heavy atom. The largest absolute Gasteiger partial charge is 0.444 e. The van der Waals surface area contributed by atoms with E-state index in [4.69, 9.17) is 4.42 Å². The van der Waals surface area contributed by atoms with Crippen molar-refractivity contribution >= 4 is 34.0 Å². The molecule has 0 aliphatic rings. The Bertz CT molecular complexity index is 948. The van der Waals surface area contributed by atoms with Gasteiger partial charge in [-0.1, -0.05) is 36.0 Å². The third-order valence-electron chi connectivity index (χ3n) is 3.32. The summed E-state index contributed by atoms with van der Waals surface area (Å²) in [6, 6.07) is 12.1. The molecule has 1 aromatic carbocycles. The molecular weight excluding hydrogens is 326 g/mol. The van der Waals surface area contributed by atoms with E-state index in [9.17, 15) is 0 Å². The van der Waals surface area contributed by atoms with Gasteiger partial charge in [-0.3, -0.25) is 0 Å². The van der Waals surface area contributed by atoms with Crippen molar-refractivity contribution in [3.63, 3.8) is 0 Å². The van der Waals surface area contributed by atoms with Gasteiger partial charge in [0.2, 0.25) is 5.89 Å². The zero-order valence-electron chi connectivity index (χ0n) is 12.4. The Labute approximate surface area is 141 Å². The summed E-state index contributed by atoms with van der Waals surface area (Å²) in [6.45, 7) is 1.92. The van der Waals surface area contributed by atoms with Gasteiger partial charge >= 0.3 is 0 Å². The van der Waals surface area contributed by atoms with E-state index in [-0.39, 0.29) is 0 Å². The number of rotatable bonds is 4. The minimum absolute atomic E-state index is 0.680. The van der Waals surface area contributed by atoms with Crippen molar-refractivity contribution in [2.75, 3.05) is 0 Å². The van der Waals surface area contributed by atoms with Crippen LogP contribution in [0.2, 0.25) is 0 Å². The number of hydrogen-bond donors (Lipinski definition) is 0. The zero-order valence-corrected chi connectivity index (χ0v) is 14.0. The molecule has 4 aromatic rings. The van der Waals surface area contributed by atoms with Crippen LogP contribution in [0.4, 0.5) is 0 Å². The summed E-state index contributed by atoms with van der Waals surface area (Å²) < 4.78 is 5.56. The van der Waals surface area contributed by atoms with E-state index in [1.165, 1.54) is 0 Å². The third kappa shape index (κ3) is 3.00. The van der Waals surface area contributed by atoms with Gasteiger partial charge in [0.15, 0.2) is 0 Å². The second kappa shape index (κ2) is 6.14. The van der Waals surface area contributed by atoms with Crippen LogP contribution in [0.15, 0.2) is 57.5 Å². The van der Waals surface area contributed by atoms with Gasteiger partial charge in [0.05, 0.1) is 16.1 Å². The van der Waals surface area contributed by atoms with E-state index >= 15 is 0 Å². The molecule has 4 nitrogen and oxygen atoms in total. The number of fused-ring (bicyclic) bond motifs is 1. The second-order valence-corrected chi connectivity index (χ2v) is 6.91. The highest BCUT2D eigenvalue weighted by Gasteiger charge is 2.10. The molecule has 0 unspecified atom stereocenters. The lowest BCUT2D eigenvalue weighted by Gasteiger charge is -2.05. The summed E-state index contributed by atoms with van der Waals surface area (Å²) >= 11 is 3.28. The summed E-state index contributed by atoms with van der Waals surface area (Å²) in [7, 11) is 0. The predicted octanol–water partition coefficient (Wildman–Crippen LogP) is 4.95. The molecule has 0 radical (unpaired) electrons. The molecule has 0 saturated carbocycles. The van der Waals surface area contributed by atoms with Gasteiger partial charge in [0.25, 0.3) is 0 Å². The molecular formula is C17H13N3OS2. The van der Waals surface area contributed by atoms with Crippen LogP contribution in [-0.4, -0.2) is 15.0 Å². The van der Waals surface area contributed by atoms with E-state index in [0.29, 0.717) is 5.89 Å². The average molecular weight is 339 g/mol. The Morgan fingerprint density at radius 1 is 1.09 bits per heavy atom. The van der Waals surface area contributed by atoms with Crippen LogP contribution in [0, 0.1) is 6.92 Å². The normalized spacial score (nSPS) is 11.2. The highest BCUT2D eigenvalue weighted by molar-refractivity contribution is 7.98. The van der Waals surface area contributed by atoms with Crippen molar-refractivity contribution in [1.29, 1.82) is 0 Å². The van der Waals surface area contributed by atoms with Gasteiger partial charge < -0.3 is 4.42 Å². The van der Waals surface area contributed by atoms with Crippen LogP contribution in [0.3, 0.4) is 0 Å². The van der Waals surface area contributed by atoms with Crippen LogP contribution in [-0.2, 0) is 5.75 Å². The predicted molar refractivity (Wildman–Crippen MR) is 93.7 cm³/mol. The molecule has 0 spiro atoms. The molecule has 3 aromatic heterocycles. The number of thioether (sulfide) groups is 1. The van der Waals surface area contributed by atoms with Crippen LogP contribution < -0.4 is 0 Å². The fraction of sp³-hybridized carbons (Fsp3) is 0.118. The SMILES string of the molecule is Cc1nc(SCc2coc(-c3cccs3)n2)c2ccccc2n1. The first kappa shape index (κ1) is 14.4. The molecule has 0 amide bonds. The highest BCUT2D eigenvalue weighted by atomic mass is 32.2. The first-order valence-electron chi connectivity index (χ1n) is 7.14. The van der Waals surface area contributed by atoms with Gasteiger partial charge in [0.1, 0.15) is 17.1 Å². The number of hydrogen-bond acceptors (Lipinski definition) is 6. The molecule has 23 heavy (non-hydrogen) atoms. The maximum absolute atomic E-state index is 5.56. The van der Waals surface area contributed by atoms with Crippen molar-refractivity contribution in [1.82, 2.24) is 15.0 Å². The topological polar surface area (TPSA) is 51.8 Å². The van der Waals surface area contributed by atoms with Crippen molar-refractivity contribution < 1.29 is 4.42 Å². The fourth-order valence-electron chi connectivity index (χ4n) is 2.30. The van der Waals surface area contributed by atoms with E-state index in [2.05, 4.69) is 21.0 Å². The van der Waals surface area contributed by atoms with E-state index < -0.39 is 0 Å². The summed E-state index contributed by atoms with van der Waals surface area (Å²) in [5.41, 5.74) is 1.89. The fourth-order valence-corrected chi connectivity index (χ4v) is 3.89. The Balaban J connectivity index is 1.58. The zero-order chi connectivity index (χ0) is 15.6. The lowest BCUT2D eigenvalue weighted by molar-refractivity contribution is 0.575. The molecule has 6 heteroatoms. The molecule has 4 rings (SSSR count). The van der Waals surface area contributed by atoms with Crippen LogP contribution in [0.5, 0.6) is 0 Å². The minimum atomic E-state index is 0.680. The van der Waals surface area contributed by atoms with E-state index in [1.54, 1.807) is 29.4 Å². The smallest absolute Gasteiger partial charge is 0.236 e. The van der Waals surface area contributed by atoms with Crippen LogP contribution in [0.25, 0.3) is 21.7 Å². The highest BCUT2D eigenvalue weighted by Crippen LogP contribution is 2.29. The Hall–Kier alpha value is -2.18. The summed E-state index contributed by atoms with van der Waals surface area (Å²) in [6.07, 6.45) is 1.72. The van der Waals surface area contributed by atoms with Crippen molar-refractivity contribution in [3.05, 3.63) is 59.6 Å². The lowest BCUT2D eigenvalue weighted by Crippen LogP contribution is -1.93. The molecule has 0 bridgehead atoms. The quantitative estimate of drug-likeness (QED) is 0.389. The number of oxazole rings is 1. The van der Waals surface area contributed by atoms with Gasteiger partial charge in [-0.05, 0) is 24.4 Å². The molecule has 0 saturated heterocycles. The average Bonchev–Trinajstić information content (AvgIpc) is 3.23. The third-order valence-corrected chi connectivity index (χ3v) is 5.20. The second-order valence-electron chi connectivity index (χ2n) is 5.00. The number of benzene rings is 1. The van der Waals surface area contributed by atoms with Gasteiger partial charge in [0, 0.05) is 11.1 Å². The lowest BCUT2D eigenvalue weighted by atomic mass is 10.2. The number of aryl methyl sites for hydroxylation is 1. The standard InChI is InChI=1S/C17H13N3OS2/c1-11-18-14-6-3-2-5-13(14)17(19-11)23-10-12-9-21-16(20-12)15-7-4-8-22-15/h2-9H,10H2,1H3. The molecule has 0 N–H and O–H groups in total. The number of para-hydroxylation sites is 1. The molecule has 3 heterocycles. The molecule has 0 aliphatic heterocycles. The van der Waals surface area contributed by atoms with Crippen molar-refractivity contribution in [2.24, 2.45) is 0 Å². The van der Waals surface area contributed by atoms with Gasteiger partial charge in [-0.2, -0.15) is 0 Å². The number of thiophene rings is 1. The number of nitrogens with zero attached hydrogens (tertiary/aromatic N) is 3. The number of aromatic nitrogens is 3. The first-order chi connectivity index (χ1) is 11.3. The van der Waals surface area contributed by atoms with Gasteiger partial charge in [-0.25, -0.2) is 15.0 Å². The van der Waals surface area contributed by atoms with Gasteiger partial charge in [-0.15, -0.1) is 11.3 Å². The van der Waals surface area contributed by atoms with E-state index in [1.807, 2.05) is 42.6 Å². The van der Waals surface area contributed by atoms with E-state index in [0.717, 1.165) is 38.1 Å². The van der Waals surface area contributed by atoms with Crippen LogP contribution in [0.1, 0.15) is 11.5 Å². The molecule has 0 fully saturated rings. The Kier molecular flexibility index (Phi) is 3.85. The first-order valence-corrected chi connectivity index (χ1v) is 9.00. The Morgan fingerprint density at radius 3 is 2.87 bits per heavy atom. The maximum atomic E-state index is 5.56. The molecule has 0 atom stereocenters. The summed E-state index contributed by atoms with van der Waals surface area (Å²) in [5.74, 6) is 2.18. The maximum Gasteiger partial charge on any atom is 0.236 e. The minimum Gasteiger partial charge on any atom is -0.444 e. The van der Waals surface area contributed by atoms with Crippen LogP contribution >= 0.6 is 23.1 Å².